The number of nitrogens with zero attached hydrogens (tertiary/aromatic N) is 3. The summed E-state index contributed by atoms with van der Waals surface area (Å²) in [6.45, 7) is 1.65. The molecule has 2 heterocycles. The first-order valence-electron chi connectivity index (χ1n) is 10.2. The van der Waals surface area contributed by atoms with Crippen molar-refractivity contribution in [3.05, 3.63) is 65.0 Å². The highest BCUT2D eigenvalue weighted by atomic mass is 16.5. The van der Waals surface area contributed by atoms with Crippen LogP contribution in [0.4, 0.5) is 4.79 Å². The molecule has 2 aliphatic rings. The van der Waals surface area contributed by atoms with Gasteiger partial charge in [0.15, 0.2) is 0 Å². The molecule has 0 spiro atoms. The van der Waals surface area contributed by atoms with Crippen LogP contribution in [0.2, 0.25) is 0 Å². The zero-order chi connectivity index (χ0) is 21.6. The number of fused-ring (bicyclic) bond motifs is 1. The summed E-state index contributed by atoms with van der Waals surface area (Å²) in [4.78, 5) is 27.0. The Morgan fingerprint density at radius 1 is 1.10 bits per heavy atom. The Kier molecular flexibility index (Phi) is 4.50. The second kappa shape index (κ2) is 7.23. The van der Waals surface area contributed by atoms with Gasteiger partial charge in [-0.15, -0.1) is 10.2 Å². The molecule has 1 N–H and O–H groups in total. The molecule has 1 fully saturated rings. The standard InChI is InChI=1S/C23H22N4O4/c1-23(17-9-6-14-4-3-5-16(14)12-17)21(28)27(22(29)24-23)13-19-25-26-20(31-19)15-7-10-18(30-2)11-8-15/h6-12H,3-5,13H2,1-2H3,(H,24,29)/t23-/m0/s1. The van der Waals surface area contributed by atoms with Crippen molar-refractivity contribution in [3.63, 3.8) is 0 Å². The Morgan fingerprint density at radius 2 is 1.87 bits per heavy atom. The van der Waals surface area contributed by atoms with Gasteiger partial charge in [0.1, 0.15) is 17.8 Å². The quantitative estimate of drug-likeness (QED) is 0.639. The third kappa shape index (κ3) is 3.24. The fourth-order valence-corrected chi connectivity index (χ4v) is 4.22. The number of amides is 3. The third-order valence-corrected chi connectivity index (χ3v) is 6.05. The van der Waals surface area contributed by atoms with Crippen molar-refractivity contribution in [1.29, 1.82) is 0 Å². The molecule has 0 saturated carbocycles. The van der Waals surface area contributed by atoms with Crippen molar-refractivity contribution in [2.24, 2.45) is 0 Å². The Hall–Kier alpha value is -3.68. The fraction of sp³-hybridized carbons (Fsp3) is 0.304. The van der Waals surface area contributed by atoms with Crippen molar-refractivity contribution < 1.29 is 18.7 Å². The van der Waals surface area contributed by atoms with E-state index >= 15 is 0 Å². The molecule has 8 heteroatoms. The van der Waals surface area contributed by atoms with E-state index in [0.717, 1.165) is 35.3 Å². The summed E-state index contributed by atoms with van der Waals surface area (Å²) in [5.41, 5.74) is 2.96. The zero-order valence-electron chi connectivity index (χ0n) is 17.3. The van der Waals surface area contributed by atoms with Crippen LogP contribution in [-0.2, 0) is 29.7 Å². The number of carbonyl (C=O) groups excluding carboxylic acids is 2. The molecule has 3 aromatic rings. The van der Waals surface area contributed by atoms with Crippen LogP contribution in [0.15, 0.2) is 46.9 Å². The first-order chi connectivity index (χ1) is 15.0. The topological polar surface area (TPSA) is 97.6 Å². The van der Waals surface area contributed by atoms with Crippen LogP contribution >= 0.6 is 0 Å². The Morgan fingerprint density at radius 3 is 2.65 bits per heavy atom. The zero-order valence-corrected chi connectivity index (χ0v) is 17.3. The van der Waals surface area contributed by atoms with Crippen LogP contribution < -0.4 is 10.1 Å². The lowest BCUT2D eigenvalue weighted by molar-refractivity contribution is -0.131. The Balaban J connectivity index is 1.36. The Labute approximate surface area is 179 Å². The van der Waals surface area contributed by atoms with E-state index in [2.05, 4.69) is 21.6 Å². The van der Waals surface area contributed by atoms with E-state index in [0.29, 0.717) is 11.6 Å². The van der Waals surface area contributed by atoms with Crippen molar-refractivity contribution in [2.45, 2.75) is 38.3 Å². The van der Waals surface area contributed by atoms with Gasteiger partial charge in [-0.3, -0.25) is 9.69 Å². The Bertz CT molecular complexity index is 1170. The van der Waals surface area contributed by atoms with Gasteiger partial charge in [-0.05, 0) is 67.1 Å². The van der Waals surface area contributed by atoms with E-state index in [-0.39, 0.29) is 18.3 Å². The van der Waals surface area contributed by atoms with Crippen molar-refractivity contribution in [1.82, 2.24) is 20.4 Å². The first-order valence-corrected chi connectivity index (χ1v) is 10.2. The van der Waals surface area contributed by atoms with Crippen LogP contribution in [0.3, 0.4) is 0 Å². The number of carbonyl (C=O) groups is 2. The SMILES string of the molecule is COc1ccc(-c2nnc(CN3C(=O)N[C@@](C)(c4ccc5c(c4)CCC5)C3=O)o2)cc1. The number of rotatable bonds is 5. The molecular formula is C23H22N4O4. The number of methoxy groups -OCH3 is 1. The number of nitrogens with one attached hydrogen (secondary N) is 1. The number of ether oxygens (including phenoxy) is 1. The average molecular weight is 418 g/mol. The van der Waals surface area contributed by atoms with Gasteiger partial charge in [0.2, 0.25) is 11.8 Å². The van der Waals surface area contributed by atoms with Crippen molar-refractivity contribution in [3.8, 4) is 17.2 Å². The predicted octanol–water partition coefficient (Wildman–Crippen LogP) is 3.20. The average Bonchev–Trinajstić information content (AvgIpc) is 3.49. The summed E-state index contributed by atoms with van der Waals surface area (Å²) in [7, 11) is 1.59. The lowest BCUT2D eigenvalue weighted by Crippen LogP contribution is -2.41. The molecule has 0 radical (unpaired) electrons. The van der Waals surface area contributed by atoms with Gasteiger partial charge in [-0.25, -0.2) is 4.79 Å². The largest absolute Gasteiger partial charge is 0.497 e. The highest BCUT2D eigenvalue weighted by Crippen LogP contribution is 2.33. The normalized spacial score (nSPS) is 20.1. The van der Waals surface area contributed by atoms with Gasteiger partial charge < -0.3 is 14.5 Å². The first kappa shape index (κ1) is 19.3. The highest BCUT2D eigenvalue weighted by Gasteiger charge is 2.49. The molecule has 5 rings (SSSR count). The van der Waals surface area contributed by atoms with E-state index in [1.54, 1.807) is 38.3 Å². The number of imide groups is 1. The third-order valence-electron chi connectivity index (χ3n) is 6.05. The summed E-state index contributed by atoms with van der Waals surface area (Å²) in [6, 6.07) is 12.7. The van der Waals surface area contributed by atoms with Crippen LogP contribution in [0.1, 0.15) is 35.9 Å². The number of hydrogen-bond donors (Lipinski definition) is 1. The number of benzene rings is 2. The number of hydrogen-bond acceptors (Lipinski definition) is 6. The molecule has 0 bridgehead atoms. The molecule has 1 aliphatic heterocycles. The maximum absolute atomic E-state index is 13.2. The second-order valence-corrected chi connectivity index (χ2v) is 8.01. The summed E-state index contributed by atoms with van der Waals surface area (Å²) >= 11 is 0. The molecule has 1 atom stereocenters. The van der Waals surface area contributed by atoms with Gasteiger partial charge in [0.25, 0.3) is 5.91 Å². The molecule has 2 aromatic carbocycles. The van der Waals surface area contributed by atoms with Gasteiger partial charge in [0, 0.05) is 5.56 Å². The summed E-state index contributed by atoms with van der Waals surface area (Å²) < 4.78 is 10.8. The second-order valence-electron chi connectivity index (χ2n) is 8.01. The molecule has 158 valence electrons. The minimum atomic E-state index is -1.12. The predicted molar refractivity (Wildman–Crippen MR) is 111 cm³/mol. The monoisotopic (exact) mass is 418 g/mol. The van der Waals surface area contributed by atoms with E-state index in [4.69, 9.17) is 9.15 Å². The highest BCUT2D eigenvalue weighted by molar-refractivity contribution is 6.07. The number of aromatic nitrogens is 2. The van der Waals surface area contributed by atoms with Crippen molar-refractivity contribution in [2.75, 3.05) is 7.11 Å². The lowest BCUT2D eigenvalue weighted by atomic mass is 9.90. The minimum Gasteiger partial charge on any atom is -0.497 e. The van der Waals surface area contributed by atoms with Crippen LogP contribution in [0.5, 0.6) is 5.75 Å². The summed E-state index contributed by atoms with van der Waals surface area (Å²) in [5.74, 6) is 0.881. The molecular weight excluding hydrogens is 396 g/mol. The van der Waals surface area contributed by atoms with Gasteiger partial charge in [0.05, 0.1) is 7.11 Å². The summed E-state index contributed by atoms with van der Waals surface area (Å²) in [5, 5.41) is 10.9. The maximum atomic E-state index is 13.2. The van der Waals surface area contributed by atoms with Crippen molar-refractivity contribution >= 4 is 11.9 Å². The van der Waals surface area contributed by atoms with E-state index < -0.39 is 11.6 Å². The molecule has 31 heavy (non-hydrogen) atoms. The number of urea groups is 1. The van der Waals surface area contributed by atoms with E-state index in [1.807, 2.05) is 12.1 Å². The smallest absolute Gasteiger partial charge is 0.325 e. The molecule has 0 unspecified atom stereocenters. The van der Waals surface area contributed by atoms with Crippen LogP contribution in [0.25, 0.3) is 11.5 Å². The maximum Gasteiger partial charge on any atom is 0.325 e. The molecule has 8 nitrogen and oxygen atoms in total. The van der Waals surface area contributed by atoms with E-state index in [9.17, 15) is 9.59 Å². The lowest BCUT2D eigenvalue weighted by Gasteiger charge is -2.23. The number of aryl methyl sites for hydroxylation is 2. The fourth-order valence-electron chi connectivity index (χ4n) is 4.22. The molecule has 1 aliphatic carbocycles. The molecule has 1 saturated heterocycles. The van der Waals surface area contributed by atoms with E-state index in [1.165, 1.54) is 11.1 Å². The van der Waals surface area contributed by atoms with Crippen LogP contribution in [-0.4, -0.2) is 34.1 Å². The van der Waals surface area contributed by atoms with Gasteiger partial charge >= 0.3 is 6.03 Å². The summed E-state index contributed by atoms with van der Waals surface area (Å²) in [6.07, 6.45) is 3.18. The molecule has 3 amide bonds. The molecule has 1 aromatic heterocycles. The minimum absolute atomic E-state index is 0.0889. The van der Waals surface area contributed by atoms with Gasteiger partial charge in [-0.2, -0.15) is 0 Å². The van der Waals surface area contributed by atoms with Gasteiger partial charge in [-0.1, -0.05) is 18.2 Å². The van der Waals surface area contributed by atoms with Crippen LogP contribution in [0, 0.1) is 0 Å².